The van der Waals surface area contributed by atoms with E-state index in [-0.39, 0.29) is 11.5 Å². The summed E-state index contributed by atoms with van der Waals surface area (Å²) < 4.78 is 0. The highest BCUT2D eigenvalue weighted by Gasteiger charge is 2.56. The van der Waals surface area contributed by atoms with Crippen molar-refractivity contribution in [2.45, 2.75) is 53.6 Å². The summed E-state index contributed by atoms with van der Waals surface area (Å²) in [5.41, 5.74) is 1.72. The third-order valence-electron chi connectivity index (χ3n) is 5.20. The molecule has 3 fully saturated rings. The maximum absolute atomic E-state index is 10.4. The summed E-state index contributed by atoms with van der Waals surface area (Å²) in [7, 11) is 0. The first kappa shape index (κ1) is 12.2. The molecule has 0 heterocycles. The lowest BCUT2D eigenvalue weighted by Crippen LogP contribution is -2.55. The zero-order valence-corrected chi connectivity index (χ0v) is 11.4. The van der Waals surface area contributed by atoms with Gasteiger partial charge in [-0.25, -0.2) is 0 Å². The molecule has 0 unspecified atom stereocenters. The van der Waals surface area contributed by atoms with Gasteiger partial charge >= 0.3 is 0 Å². The molecule has 3 aliphatic rings. The fourth-order valence-electron chi connectivity index (χ4n) is 3.70. The molecule has 3 rings (SSSR count). The van der Waals surface area contributed by atoms with Crippen LogP contribution >= 0.6 is 0 Å². The topological polar surface area (TPSA) is 20.2 Å². The van der Waals surface area contributed by atoms with Gasteiger partial charge in [-0.15, -0.1) is 0 Å². The van der Waals surface area contributed by atoms with Crippen LogP contribution in [0.25, 0.3) is 0 Å². The summed E-state index contributed by atoms with van der Waals surface area (Å²) in [5.74, 6) is 1.77. The van der Waals surface area contributed by atoms with E-state index in [1.54, 1.807) is 0 Å². The number of aliphatic hydroxyl groups excluding tert-OH is 1. The number of hydrogen-bond donors (Lipinski definition) is 1. The van der Waals surface area contributed by atoms with Crippen molar-refractivity contribution in [3.05, 3.63) is 12.2 Å². The molecular weight excluding hydrogens is 196 g/mol. The van der Waals surface area contributed by atoms with E-state index in [1.165, 1.54) is 12.0 Å². The van der Waals surface area contributed by atoms with Crippen LogP contribution in [-0.4, -0.2) is 11.2 Å². The summed E-state index contributed by atoms with van der Waals surface area (Å²) in [4.78, 5) is 0. The Morgan fingerprint density at radius 3 is 2.25 bits per heavy atom. The molecule has 0 spiro atoms. The maximum Gasteiger partial charge on any atom is 0.0653 e. The molecule has 4 atom stereocenters. The van der Waals surface area contributed by atoms with Crippen molar-refractivity contribution < 1.29 is 5.11 Å². The molecule has 1 nitrogen and oxygen atoms in total. The average Bonchev–Trinajstić information content (AvgIpc) is 2.14. The van der Waals surface area contributed by atoms with Crippen LogP contribution in [0, 0.1) is 28.6 Å². The number of hydrogen-bond acceptors (Lipinski definition) is 1. The standard InChI is InChI=1S/C15H26O/c1-9-11(13(16)14(2,3)4)7-10-8-12(9)15(10,5)6/h10-13,16H,1,7-8H2,2-6H3/t10-,11-,12-,13-/m1/s1. The van der Waals surface area contributed by atoms with Crippen LogP contribution in [0.1, 0.15) is 47.5 Å². The van der Waals surface area contributed by atoms with Gasteiger partial charge in [0.05, 0.1) is 6.10 Å². The fraction of sp³-hybridized carbons (Fsp3) is 0.867. The molecule has 92 valence electrons. The SMILES string of the molecule is C=C1[C@H]([C@@H](O)C(C)(C)C)C[C@@H]2C[C@H]1C2(C)C. The molecular formula is C15H26O. The van der Waals surface area contributed by atoms with Crippen LogP contribution in [0.5, 0.6) is 0 Å². The second-order valence-electron chi connectivity index (χ2n) is 7.53. The minimum atomic E-state index is -0.235. The molecule has 0 aliphatic heterocycles. The predicted molar refractivity (Wildman–Crippen MR) is 68.1 cm³/mol. The van der Waals surface area contributed by atoms with E-state index in [0.29, 0.717) is 17.3 Å². The van der Waals surface area contributed by atoms with Crippen LogP contribution in [-0.2, 0) is 0 Å². The van der Waals surface area contributed by atoms with Crippen LogP contribution < -0.4 is 0 Å². The van der Waals surface area contributed by atoms with Crippen molar-refractivity contribution in [1.82, 2.24) is 0 Å². The first-order chi connectivity index (χ1) is 7.15. The smallest absolute Gasteiger partial charge is 0.0653 e. The monoisotopic (exact) mass is 222 g/mol. The van der Waals surface area contributed by atoms with Gasteiger partial charge in [0.15, 0.2) is 0 Å². The number of rotatable bonds is 1. The third kappa shape index (κ3) is 1.55. The lowest BCUT2D eigenvalue weighted by molar-refractivity contribution is -0.0886. The fourth-order valence-corrected chi connectivity index (χ4v) is 3.70. The second kappa shape index (κ2) is 3.35. The molecule has 16 heavy (non-hydrogen) atoms. The van der Waals surface area contributed by atoms with Gasteiger partial charge in [-0.3, -0.25) is 0 Å². The molecule has 2 bridgehead atoms. The van der Waals surface area contributed by atoms with Crippen LogP contribution in [0.4, 0.5) is 0 Å². The van der Waals surface area contributed by atoms with Gasteiger partial charge in [-0.1, -0.05) is 46.8 Å². The number of fused-ring (bicyclic) bond motifs is 2. The highest BCUT2D eigenvalue weighted by Crippen LogP contribution is 2.63. The molecule has 0 aromatic rings. The Bertz CT molecular complexity index is 308. The Kier molecular flexibility index (Phi) is 2.55. The van der Waals surface area contributed by atoms with E-state index in [0.717, 1.165) is 12.3 Å². The Labute approximate surface area is 99.9 Å². The van der Waals surface area contributed by atoms with Crippen LogP contribution in [0.3, 0.4) is 0 Å². The van der Waals surface area contributed by atoms with Crippen molar-refractivity contribution in [3.8, 4) is 0 Å². The van der Waals surface area contributed by atoms with E-state index >= 15 is 0 Å². The summed E-state index contributed by atoms with van der Waals surface area (Å²) in [6.07, 6.45) is 2.21. The minimum Gasteiger partial charge on any atom is -0.392 e. The van der Waals surface area contributed by atoms with E-state index in [9.17, 15) is 5.11 Å². The van der Waals surface area contributed by atoms with Gasteiger partial charge in [-0.2, -0.15) is 0 Å². The van der Waals surface area contributed by atoms with Gasteiger partial charge < -0.3 is 5.11 Å². The molecule has 0 radical (unpaired) electrons. The van der Waals surface area contributed by atoms with Crippen molar-refractivity contribution in [2.75, 3.05) is 0 Å². The van der Waals surface area contributed by atoms with E-state index in [4.69, 9.17) is 0 Å². The molecule has 1 N–H and O–H groups in total. The Morgan fingerprint density at radius 2 is 1.88 bits per heavy atom. The predicted octanol–water partition coefficient (Wildman–Crippen LogP) is 3.63. The third-order valence-corrected chi connectivity index (χ3v) is 5.20. The van der Waals surface area contributed by atoms with Crippen molar-refractivity contribution in [1.29, 1.82) is 0 Å². The number of aliphatic hydroxyl groups is 1. The average molecular weight is 222 g/mol. The van der Waals surface area contributed by atoms with Crippen molar-refractivity contribution >= 4 is 0 Å². The lowest BCUT2D eigenvalue weighted by Gasteiger charge is -2.61. The zero-order chi connectivity index (χ0) is 12.3. The van der Waals surface area contributed by atoms with Gasteiger partial charge in [0.2, 0.25) is 0 Å². The van der Waals surface area contributed by atoms with Crippen molar-refractivity contribution in [3.63, 3.8) is 0 Å². The van der Waals surface area contributed by atoms with Crippen molar-refractivity contribution in [2.24, 2.45) is 28.6 Å². The molecule has 0 aromatic heterocycles. The Morgan fingerprint density at radius 1 is 1.31 bits per heavy atom. The molecule has 1 heteroatoms. The van der Waals surface area contributed by atoms with Gasteiger partial charge in [0.1, 0.15) is 0 Å². The second-order valence-corrected chi connectivity index (χ2v) is 7.53. The summed E-state index contributed by atoms with van der Waals surface area (Å²) in [6.45, 7) is 15.4. The van der Waals surface area contributed by atoms with Crippen LogP contribution in [0.15, 0.2) is 12.2 Å². The van der Waals surface area contributed by atoms with Gasteiger partial charge in [-0.05, 0) is 35.5 Å². The van der Waals surface area contributed by atoms with Crippen LogP contribution in [0.2, 0.25) is 0 Å². The zero-order valence-electron chi connectivity index (χ0n) is 11.4. The molecule has 0 aromatic carbocycles. The highest BCUT2D eigenvalue weighted by atomic mass is 16.3. The van der Waals surface area contributed by atoms with Gasteiger partial charge in [0.25, 0.3) is 0 Å². The normalized spacial score (nSPS) is 39.1. The lowest BCUT2D eigenvalue weighted by atomic mass is 9.44. The van der Waals surface area contributed by atoms with E-state index in [2.05, 4.69) is 41.2 Å². The summed E-state index contributed by atoms with van der Waals surface area (Å²) in [5, 5.41) is 10.4. The van der Waals surface area contributed by atoms with E-state index < -0.39 is 0 Å². The highest BCUT2D eigenvalue weighted by molar-refractivity contribution is 5.24. The Hall–Kier alpha value is -0.300. The Balaban J connectivity index is 2.15. The van der Waals surface area contributed by atoms with Gasteiger partial charge in [0, 0.05) is 5.92 Å². The first-order valence-corrected chi connectivity index (χ1v) is 6.52. The minimum absolute atomic E-state index is 0.0263. The molecule has 0 amide bonds. The maximum atomic E-state index is 10.4. The van der Waals surface area contributed by atoms with E-state index in [1.807, 2.05) is 0 Å². The molecule has 0 saturated heterocycles. The molecule has 3 saturated carbocycles. The summed E-state index contributed by atoms with van der Waals surface area (Å²) >= 11 is 0. The quantitative estimate of drug-likeness (QED) is 0.672. The molecule has 3 aliphatic carbocycles. The largest absolute Gasteiger partial charge is 0.392 e. The summed E-state index contributed by atoms with van der Waals surface area (Å²) in [6, 6.07) is 0. The first-order valence-electron chi connectivity index (χ1n) is 6.52.